The van der Waals surface area contributed by atoms with E-state index in [9.17, 15) is 17.6 Å². The van der Waals surface area contributed by atoms with Crippen LogP contribution in [0.1, 0.15) is 24.2 Å². The molecule has 6 nitrogen and oxygen atoms in total. The lowest BCUT2D eigenvalue weighted by atomic mass is 10.1. The number of carbonyl (C=O) groups is 1. The van der Waals surface area contributed by atoms with Crippen molar-refractivity contribution in [3.63, 3.8) is 0 Å². The number of nitrogens with one attached hydrogen (secondary N) is 2. The molecule has 0 aliphatic carbocycles. The number of halogens is 2. The first-order valence-electron chi connectivity index (χ1n) is 7.82. The van der Waals surface area contributed by atoms with Gasteiger partial charge in [-0.1, -0.05) is 17.7 Å². The summed E-state index contributed by atoms with van der Waals surface area (Å²) in [5.74, 6) is -1.64. The van der Waals surface area contributed by atoms with Gasteiger partial charge in [-0.25, -0.2) is 17.6 Å². The van der Waals surface area contributed by atoms with Crippen molar-refractivity contribution < 1.29 is 22.3 Å². The minimum atomic E-state index is -4.26. The van der Waals surface area contributed by atoms with Crippen LogP contribution in [0.5, 0.6) is 0 Å². The van der Waals surface area contributed by atoms with Crippen molar-refractivity contribution in [2.75, 3.05) is 23.2 Å². The summed E-state index contributed by atoms with van der Waals surface area (Å²) in [5.41, 5.74) is 0.695. The summed E-state index contributed by atoms with van der Waals surface area (Å²) in [7, 11) is -4.26. The Morgan fingerprint density at radius 2 is 1.92 bits per heavy atom. The Bertz CT molecular complexity index is 919. The normalized spacial score (nSPS) is 11.1. The van der Waals surface area contributed by atoms with Crippen LogP contribution >= 0.6 is 11.6 Å². The fourth-order valence-corrected chi connectivity index (χ4v) is 3.61. The Balaban J connectivity index is 2.46. The van der Waals surface area contributed by atoms with Crippen molar-refractivity contribution in [1.82, 2.24) is 0 Å². The number of hydrogen-bond donors (Lipinski definition) is 2. The highest BCUT2D eigenvalue weighted by molar-refractivity contribution is 7.92. The van der Waals surface area contributed by atoms with Crippen LogP contribution in [-0.4, -0.2) is 27.5 Å². The zero-order valence-corrected chi connectivity index (χ0v) is 15.7. The Hall–Kier alpha value is -2.32. The molecule has 2 N–H and O–H groups in total. The summed E-state index contributed by atoms with van der Waals surface area (Å²) in [5, 5.41) is 2.67. The van der Waals surface area contributed by atoms with E-state index in [1.807, 2.05) is 6.92 Å². The molecule has 0 atom stereocenters. The van der Waals surface area contributed by atoms with Crippen molar-refractivity contribution in [3.8, 4) is 0 Å². The third kappa shape index (κ3) is 4.44. The molecule has 0 aliphatic rings. The lowest BCUT2D eigenvalue weighted by molar-refractivity contribution is 0.0526. The number of benzene rings is 2. The Morgan fingerprint density at radius 3 is 2.58 bits per heavy atom. The number of rotatable bonds is 7. The average molecular weight is 401 g/mol. The predicted octanol–water partition coefficient (Wildman–Crippen LogP) is 3.89. The lowest BCUT2D eigenvalue weighted by Crippen LogP contribution is -2.17. The summed E-state index contributed by atoms with van der Waals surface area (Å²) in [6.45, 7) is 4.19. The molecule has 0 aromatic heterocycles. The van der Waals surface area contributed by atoms with Crippen molar-refractivity contribution >= 4 is 39.0 Å². The van der Waals surface area contributed by atoms with Gasteiger partial charge in [-0.3, -0.25) is 4.72 Å². The van der Waals surface area contributed by atoms with Gasteiger partial charge in [0.1, 0.15) is 4.90 Å². The van der Waals surface area contributed by atoms with Crippen molar-refractivity contribution in [2.24, 2.45) is 0 Å². The number of esters is 1. The average Bonchev–Trinajstić information content (AvgIpc) is 2.58. The van der Waals surface area contributed by atoms with Gasteiger partial charge in [0.25, 0.3) is 10.0 Å². The highest BCUT2D eigenvalue weighted by atomic mass is 35.5. The van der Waals surface area contributed by atoms with E-state index >= 15 is 0 Å². The van der Waals surface area contributed by atoms with E-state index in [0.717, 1.165) is 6.07 Å². The molecule has 2 aromatic rings. The second kappa shape index (κ2) is 8.37. The van der Waals surface area contributed by atoms with Crippen LogP contribution in [0, 0.1) is 5.82 Å². The first-order valence-corrected chi connectivity index (χ1v) is 9.68. The van der Waals surface area contributed by atoms with Gasteiger partial charge in [0.2, 0.25) is 0 Å². The molecule has 9 heteroatoms. The predicted molar refractivity (Wildman–Crippen MR) is 98.8 cm³/mol. The molecule has 26 heavy (non-hydrogen) atoms. The molecule has 0 saturated carbocycles. The van der Waals surface area contributed by atoms with Gasteiger partial charge in [0.05, 0.1) is 28.6 Å². The van der Waals surface area contributed by atoms with Gasteiger partial charge in [-0.2, -0.15) is 0 Å². The fraction of sp³-hybridized carbons (Fsp3) is 0.235. The highest BCUT2D eigenvalue weighted by Gasteiger charge is 2.22. The van der Waals surface area contributed by atoms with Gasteiger partial charge in [0, 0.05) is 6.54 Å². The van der Waals surface area contributed by atoms with Gasteiger partial charge in [-0.15, -0.1) is 0 Å². The van der Waals surface area contributed by atoms with E-state index in [0.29, 0.717) is 12.2 Å². The van der Waals surface area contributed by atoms with E-state index < -0.39 is 26.7 Å². The standard InChI is InChI=1S/C17H18ClFN2O4S/c1-3-20-13-9-8-11(17(22)25-4-2)10-14(13)21-26(23,24)15-7-5-6-12(18)16(15)19/h5-10,20-21H,3-4H2,1-2H3. The van der Waals surface area contributed by atoms with Crippen LogP contribution in [0.25, 0.3) is 0 Å². The number of hydrogen-bond acceptors (Lipinski definition) is 5. The quantitative estimate of drug-likeness (QED) is 0.689. The molecule has 0 spiro atoms. The second-order valence-electron chi connectivity index (χ2n) is 5.17. The first-order chi connectivity index (χ1) is 12.3. The van der Waals surface area contributed by atoms with Crippen LogP contribution in [0.4, 0.5) is 15.8 Å². The molecule has 140 valence electrons. The molecule has 2 aromatic carbocycles. The molecule has 0 aliphatic heterocycles. The third-order valence-corrected chi connectivity index (χ3v) is 5.02. The maximum Gasteiger partial charge on any atom is 0.338 e. The minimum Gasteiger partial charge on any atom is -0.462 e. The highest BCUT2D eigenvalue weighted by Crippen LogP contribution is 2.29. The van der Waals surface area contributed by atoms with Crippen LogP contribution in [-0.2, 0) is 14.8 Å². The molecule has 0 bridgehead atoms. The molecule has 0 fully saturated rings. The summed E-state index contributed by atoms with van der Waals surface area (Å²) in [6, 6.07) is 8.07. The van der Waals surface area contributed by atoms with E-state index in [-0.39, 0.29) is 22.9 Å². The molecular weight excluding hydrogens is 383 g/mol. The topological polar surface area (TPSA) is 84.5 Å². The van der Waals surface area contributed by atoms with Crippen LogP contribution in [0.2, 0.25) is 5.02 Å². The van der Waals surface area contributed by atoms with Gasteiger partial charge >= 0.3 is 5.97 Å². The molecular formula is C17H18ClFN2O4S. The second-order valence-corrected chi connectivity index (χ2v) is 7.23. The Labute approximate surface area is 156 Å². The van der Waals surface area contributed by atoms with Crippen molar-refractivity contribution in [3.05, 3.63) is 52.8 Å². The van der Waals surface area contributed by atoms with E-state index in [1.54, 1.807) is 13.0 Å². The van der Waals surface area contributed by atoms with E-state index in [1.165, 1.54) is 24.3 Å². The van der Waals surface area contributed by atoms with Crippen LogP contribution in [0.15, 0.2) is 41.3 Å². The molecule has 0 heterocycles. The number of anilines is 2. The molecule has 0 unspecified atom stereocenters. The first kappa shape index (κ1) is 20.0. The van der Waals surface area contributed by atoms with Gasteiger partial charge in [0.15, 0.2) is 5.82 Å². The zero-order chi connectivity index (χ0) is 19.3. The van der Waals surface area contributed by atoms with E-state index in [2.05, 4.69) is 10.0 Å². The molecule has 0 saturated heterocycles. The summed E-state index contributed by atoms with van der Waals surface area (Å²) in [4.78, 5) is 11.3. The Morgan fingerprint density at radius 1 is 1.19 bits per heavy atom. The minimum absolute atomic E-state index is 0.0942. The van der Waals surface area contributed by atoms with Crippen LogP contribution < -0.4 is 10.0 Å². The lowest BCUT2D eigenvalue weighted by Gasteiger charge is -2.15. The number of sulfonamides is 1. The summed E-state index contributed by atoms with van der Waals surface area (Å²) < 4.78 is 46.5. The van der Waals surface area contributed by atoms with E-state index in [4.69, 9.17) is 16.3 Å². The van der Waals surface area contributed by atoms with Gasteiger partial charge in [-0.05, 0) is 44.2 Å². The monoisotopic (exact) mass is 400 g/mol. The number of carbonyl (C=O) groups excluding carboxylic acids is 1. The number of ether oxygens (including phenoxy) is 1. The van der Waals surface area contributed by atoms with Crippen molar-refractivity contribution in [1.29, 1.82) is 0 Å². The smallest absolute Gasteiger partial charge is 0.338 e. The summed E-state index contributed by atoms with van der Waals surface area (Å²) in [6.07, 6.45) is 0. The van der Waals surface area contributed by atoms with Gasteiger partial charge < -0.3 is 10.1 Å². The maximum atomic E-state index is 14.1. The Kier molecular flexibility index (Phi) is 6.44. The SMILES string of the molecule is CCNc1ccc(C(=O)OCC)cc1NS(=O)(=O)c1cccc(Cl)c1F. The largest absolute Gasteiger partial charge is 0.462 e. The maximum absolute atomic E-state index is 14.1. The zero-order valence-electron chi connectivity index (χ0n) is 14.2. The third-order valence-electron chi connectivity index (χ3n) is 3.35. The fourth-order valence-electron chi connectivity index (χ4n) is 2.21. The molecule has 0 radical (unpaired) electrons. The van der Waals surface area contributed by atoms with Crippen molar-refractivity contribution in [2.45, 2.75) is 18.7 Å². The molecule has 0 amide bonds. The summed E-state index contributed by atoms with van der Waals surface area (Å²) >= 11 is 5.66. The molecule has 2 rings (SSSR count). The van der Waals surface area contributed by atoms with Crippen LogP contribution in [0.3, 0.4) is 0 Å².